The molecule has 2 rings (SSSR count). The molecule has 0 bridgehead atoms. The van der Waals surface area contributed by atoms with Gasteiger partial charge in [-0.3, -0.25) is 4.98 Å². The van der Waals surface area contributed by atoms with Gasteiger partial charge in [-0.2, -0.15) is 4.98 Å². The summed E-state index contributed by atoms with van der Waals surface area (Å²) in [6, 6.07) is 0.444. The fraction of sp³-hybridized carbons (Fsp3) is 0.667. The topological polar surface area (TPSA) is 59.1 Å². The summed E-state index contributed by atoms with van der Waals surface area (Å²) < 4.78 is 5.46. The van der Waals surface area contributed by atoms with Crippen molar-refractivity contribution in [2.45, 2.75) is 32.2 Å². The van der Waals surface area contributed by atoms with E-state index in [1.54, 1.807) is 12.4 Å². The van der Waals surface area contributed by atoms with E-state index in [9.17, 15) is 0 Å². The van der Waals surface area contributed by atoms with Crippen molar-refractivity contribution in [3.8, 4) is 5.88 Å². The molecule has 0 radical (unpaired) electrons. The lowest BCUT2D eigenvalue weighted by Gasteiger charge is -2.24. The van der Waals surface area contributed by atoms with Crippen LogP contribution in [-0.2, 0) is 0 Å². The molecule has 1 aliphatic heterocycles. The van der Waals surface area contributed by atoms with E-state index >= 15 is 0 Å². The van der Waals surface area contributed by atoms with Crippen LogP contribution in [0, 0.1) is 0 Å². The van der Waals surface area contributed by atoms with Crippen LogP contribution in [0.15, 0.2) is 12.4 Å². The SMILES string of the molecule is CCCOc1cncc(NC2CCCNC2)n1. The molecule has 5 nitrogen and oxygen atoms in total. The van der Waals surface area contributed by atoms with Gasteiger partial charge in [0, 0.05) is 12.6 Å². The summed E-state index contributed by atoms with van der Waals surface area (Å²) in [5.74, 6) is 1.40. The zero-order valence-electron chi connectivity index (χ0n) is 10.3. The number of rotatable bonds is 5. The zero-order valence-corrected chi connectivity index (χ0v) is 10.3. The number of aromatic nitrogens is 2. The summed E-state index contributed by atoms with van der Waals surface area (Å²) >= 11 is 0. The predicted octanol–water partition coefficient (Wildman–Crippen LogP) is 1.43. The van der Waals surface area contributed by atoms with Gasteiger partial charge in [0.25, 0.3) is 0 Å². The summed E-state index contributed by atoms with van der Waals surface area (Å²) in [7, 11) is 0. The minimum Gasteiger partial charge on any atom is -0.477 e. The third-order valence-corrected chi connectivity index (χ3v) is 2.72. The van der Waals surface area contributed by atoms with Gasteiger partial charge in [-0.1, -0.05) is 6.92 Å². The number of hydrogen-bond donors (Lipinski definition) is 2. The number of ether oxygens (including phenoxy) is 1. The van der Waals surface area contributed by atoms with Crippen LogP contribution in [0.25, 0.3) is 0 Å². The summed E-state index contributed by atoms with van der Waals surface area (Å²) in [5.41, 5.74) is 0. The molecule has 0 spiro atoms. The highest BCUT2D eigenvalue weighted by Gasteiger charge is 2.13. The van der Waals surface area contributed by atoms with E-state index in [1.165, 1.54) is 12.8 Å². The second-order valence-electron chi connectivity index (χ2n) is 4.28. The molecule has 1 saturated heterocycles. The first-order chi connectivity index (χ1) is 8.38. The second kappa shape index (κ2) is 6.39. The highest BCUT2D eigenvalue weighted by Crippen LogP contribution is 2.12. The van der Waals surface area contributed by atoms with Crippen LogP contribution in [0.1, 0.15) is 26.2 Å². The van der Waals surface area contributed by atoms with Crippen molar-refractivity contribution < 1.29 is 4.74 Å². The molecule has 1 unspecified atom stereocenters. The van der Waals surface area contributed by atoms with Gasteiger partial charge >= 0.3 is 0 Å². The zero-order chi connectivity index (χ0) is 11.9. The van der Waals surface area contributed by atoms with Crippen LogP contribution in [0.5, 0.6) is 5.88 Å². The van der Waals surface area contributed by atoms with Crippen LogP contribution in [0.4, 0.5) is 5.82 Å². The molecule has 17 heavy (non-hydrogen) atoms. The van der Waals surface area contributed by atoms with E-state index < -0.39 is 0 Å². The first-order valence-corrected chi connectivity index (χ1v) is 6.30. The number of anilines is 1. The molecule has 0 aromatic carbocycles. The number of piperidine rings is 1. The Hall–Kier alpha value is -1.36. The quantitative estimate of drug-likeness (QED) is 0.810. The van der Waals surface area contributed by atoms with Crippen LogP contribution in [0.3, 0.4) is 0 Å². The molecule has 2 heterocycles. The molecule has 1 fully saturated rings. The van der Waals surface area contributed by atoms with E-state index in [2.05, 4.69) is 27.5 Å². The molecule has 94 valence electrons. The summed E-state index contributed by atoms with van der Waals surface area (Å²) in [6.45, 7) is 4.86. The maximum Gasteiger partial charge on any atom is 0.234 e. The predicted molar refractivity (Wildman–Crippen MR) is 67.3 cm³/mol. The van der Waals surface area contributed by atoms with E-state index in [0.717, 1.165) is 25.3 Å². The molecule has 1 atom stereocenters. The minimum atomic E-state index is 0.444. The van der Waals surface area contributed by atoms with Gasteiger partial charge in [-0.15, -0.1) is 0 Å². The molecule has 0 aliphatic carbocycles. The Kier molecular flexibility index (Phi) is 4.55. The van der Waals surface area contributed by atoms with Crippen LogP contribution >= 0.6 is 0 Å². The molecule has 1 aliphatic rings. The van der Waals surface area contributed by atoms with Crippen LogP contribution < -0.4 is 15.4 Å². The Morgan fingerprint density at radius 1 is 1.53 bits per heavy atom. The van der Waals surface area contributed by atoms with Crippen molar-refractivity contribution in [1.29, 1.82) is 0 Å². The highest BCUT2D eigenvalue weighted by molar-refractivity contribution is 5.34. The highest BCUT2D eigenvalue weighted by atomic mass is 16.5. The first kappa shape index (κ1) is 12.1. The third-order valence-electron chi connectivity index (χ3n) is 2.72. The second-order valence-corrected chi connectivity index (χ2v) is 4.28. The lowest BCUT2D eigenvalue weighted by Crippen LogP contribution is -2.38. The molecule has 1 aromatic heterocycles. The Bertz CT molecular complexity index is 339. The van der Waals surface area contributed by atoms with E-state index in [1.807, 2.05) is 0 Å². The summed E-state index contributed by atoms with van der Waals surface area (Å²) in [6.07, 6.45) is 6.76. The lowest BCUT2D eigenvalue weighted by atomic mass is 10.1. The molecule has 0 saturated carbocycles. The van der Waals surface area contributed by atoms with Crippen LogP contribution in [0.2, 0.25) is 0 Å². The van der Waals surface area contributed by atoms with Gasteiger partial charge < -0.3 is 15.4 Å². The molecule has 0 amide bonds. The van der Waals surface area contributed by atoms with E-state index in [0.29, 0.717) is 18.5 Å². The Labute approximate surface area is 102 Å². The van der Waals surface area contributed by atoms with Crippen molar-refractivity contribution in [3.05, 3.63) is 12.4 Å². The standard InChI is InChI=1S/C12H20N4O/c1-2-6-17-12-9-14-8-11(16-12)15-10-4-3-5-13-7-10/h8-10,13H,2-7H2,1H3,(H,15,16). The fourth-order valence-corrected chi connectivity index (χ4v) is 1.88. The van der Waals surface area contributed by atoms with Crippen molar-refractivity contribution in [3.63, 3.8) is 0 Å². The van der Waals surface area contributed by atoms with Crippen molar-refractivity contribution in [1.82, 2.24) is 15.3 Å². The van der Waals surface area contributed by atoms with Gasteiger partial charge in [-0.25, -0.2) is 0 Å². The average molecular weight is 236 g/mol. The molecule has 5 heteroatoms. The first-order valence-electron chi connectivity index (χ1n) is 6.30. The van der Waals surface area contributed by atoms with Crippen LogP contribution in [-0.4, -0.2) is 35.7 Å². The van der Waals surface area contributed by atoms with E-state index in [-0.39, 0.29) is 0 Å². The van der Waals surface area contributed by atoms with Gasteiger partial charge in [0.2, 0.25) is 5.88 Å². The fourth-order valence-electron chi connectivity index (χ4n) is 1.88. The van der Waals surface area contributed by atoms with Gasteiger partial charge in [-0.05, 0) is 25.8 Å². The molecule has 2 N–H and O–H groups in total. The lowest BCUT2D eigenvalue weighted by molar-refractivity contribution is 0.304. The van der Waals surface area contributed by atoms with Crippen molar-refractivity contribution in [2.24, 2.45) is 0 Å². The maximum absolute atomic E-state index is 5.46. The number of hydrogen-bond acceptors (Lipinski definition) is 5. The Morgan fingerprint density at radius 2 is 2.47 bits per heavy atom. The monoisotopic (exact) mass is 236 g/mol. The summed E-state index contributed by atoms with van der Waals surface area (Å²) in [4.78, 5) is 8.51. The van der Waals surface area contributed by atoms with Gasteiger partial charge in [0.15, 0.2) is 0 Å². The van der Waals surface area contributed by atoms with Crippen molar-refractivity contribution >= 4 is 5.82 Å². The summed E-state index contributed by atoms with van der Waals surface area (Å²) in [5, 5.41) is 6.74. The van der Waals surface area contributed by atoms with E-state index in [4.69, 9.17) is 4.74 Å². The smallest absolute Gasteiger partial charge is 0.234 e. The molecular weight excluding hydrogens is 216 g/mol. The number of nitrogens with zero attached hydrogens (tertiary/aromatic N) is 2. The Morgan fingerprint density at radius 3 is 3.24 bits per heavy atom. The third kappa shape index (κ3) is 3.85. The van der Waals surface area contributed by atoms with Gasteiger partial charge in [0.05, 0.1) is 19.0 Å². The largest absolute Gasteiger partial charge is 0.477 e. The Balaban J connectivity index is 1.90. The van der Waals surface area contributed by atoms with Crippen molar-refractivity contribution in [2.75, 3.05) is 25.0 Å². The molecular formula is C12H20N4O. The van der Waals surface area contributed by atoms with Gasteiger partial charge in [0.1, 0.15) is 5.82 Å². The maximum atomic E-state index is 5.46. The normalized spacial score (nSPS) is 19.9. The average Bonchev–Trinajstić information content (AvgIpc) is 2.38. The molecule has 1 aromatic rings. The minimum absolute atomic E-state index is 0.444. The number of nitrogens with one attached hydrogen (secondary N) is 2.